The molecular formula is C16H16Br4N2O5. The van der Waals surface area contributed by atoms with Crippen molar-refractivity contribution in [1.29, 1.82) is 0 Å². The molecule has 3 rings (SSSR count). The van der Waals surface area contributed by atoms with E-state index in [2.05, 4.69) is 73.7 Å². The molecular weight excluding hydrogens is 620 g/mol. The lowest BCUT2D eigenvalue weighted by atomic mass is 10.3. The third-order valence-electron chi connectivity index (χ3n) is 2.73. The maximum absolute atomic E-state index is 10.3. The van der Waals surface area contributed by atoms with Crippen LogP contribution in [0.5, 0.6) is 0 Å². The Bertz CT molecular complexity index is 728. The minimum Gasteiger partial charge on any atom is -0.394 e. The first-order valence-corrected chi connectivity index (χ1v) is 10.6. The zero-order valence-corrected chi connectivity index (χ0v) is 20.2. The Morgan fingerprint density at radius 3 is 1.93 bits per heavy atom. The molecule has 0 amide bonds. The lowest BCUT2D eigenvalue weighted by Gasteiger charge is -2.09. The Hall–Kier alpha value is -0.270. The van der Waals surface area contributed by atoms with Gasteiger partial charge in [0, 0.05) is 8.95 Å². The summed E-state index contributed by atoms with van der Waals surface area (Å²) in [5.41, 5.74) is 1.20. The fraction of sp³-hybridized carbons (Fsp3) is 0.312. The van der Waals surface area contributed by atoms with Crippen LogP contribution in [0.2, 0.25) is 0 Å². The van der Waals surface area contributed by atoms with Crippen LogP contribution < -0.4 is 0 Å². The van der Waals surface area contributed by atoms with Crippen molar-refractivity contribution >= 4 is 70.0 Å². The van der Waals surface area contributed by atoms with Crippen LogP contribution in [0.1, 0.15) is 22.5 Å². The molecule has 2 aromatic heterocycles. The standard InChI is InChI=1S/C8H7Br2NO2.C6H3Br2NO.C2H6O2/c9-5-1-2-6(10)11-7(5)8-12-3-4-13-8;7-4-1-2-6(8)9-5(4)3-10;3-1-2-4/h1-2,8H,3-4H2;1-3H;3-4H,1-2H2. The first-order chi connectivity index (χ1) is 12.9. The number of hydrogen-bond donors (Lipinski definition) is 2. The van der Waals surface area contributed by atoms with Gasteiger partial charge < -0.3 is 19.7 Å². The summed E-state index contributed by atoms with van der Waals surface area (Å²) in [6.07, 6.45) is 0.376. The fourth-order valence-corrected chi connectivity index (χ4v) is 3.00. The number of carbonyl (C=O) groups excluding carboxylic acids is 1. The van der Waals surface area contributed by atoms with Gasteiger partial charge in [-0.25, -0.2) is 9.97 Å². The molecule has 1 fully saturated rings. The molecule has 1 aliphatic heterocycles. The van der Waals surface area contributed by atoms with Gasteiger partial charge in [0.05, 0.1) is 26.4 Å². The SMILES string of the molecule is Brc1ccc(Br)c(C2OCCO2)n1.O=Cc1nc(Br)ccc1Br.OCCO. The highest BCUT2D eigenvalue weighted by Crippen LogP contribution is 2.29. The maximum atomic E-state index is 10.3. The van der Waals surface area contributed by atoms with E-state index in [0.29, 0.717) is 34.3 Å². The largest absolute Gasteiger partial charge is 0.394 e. The summed E-state index contributed by atoms with van der Waals surface area (Å²) < 4.78 is 13.7. The van der Waals surface area contributed by atoms with Gasteiger partial charge in [-0.1, -0.05) is 0 Å². The predicted octanol–water partition coefficient (Wildman–Crippen LogP) is 4.04. The number of aliphatic hydroxyl groups is 2. The molecule has 0 aliphatic carbocycles. The van der Waals surface area contributed by atoms with Crippen molar-refractivity contribution < 1.29 is 24.5 Å². The van der Waals surface area contributed by atoms with Crippen molar-refractivity contribution in [1.82, 2.24) is 9.97 Å². The minimum absolute atomic E-state index is 0.125. The Kier molecular flexibility index (Phi) is 12.7. The van der Waals surface area contributed by atoms with Gasteiger partial charge in [-0.05, 0) is 88.0 Å². The average Bonchev–Trinajstić information content (AvgIpc) is 3.21. The highest BCUT2D eigenvalue weighted by Gasteiger charge is 2.22. The molecule has 3 heterocycles. The molecule has 0 unspecified atom stereocenters. The summed E-state index contributed by atoms with van der Waals surface area (Å²) >= 11 is 13.0. The zero-order chi connectivity index (χ0) is 20.2. The van der Waals surface area contributed by atoms with E-state index in [9.17, 15) is 4.79 Å². The van der Waals surface area contributed by atoms with E-state index in [0.717, 1.165) is 14.8 Å². The number of ether oxygens (including phenoxy) is 2. The number of aliphatic hydroxyl groups excluding tert-OH is 2. The molecule has 2 aromatic rings. The Labute approximate surface area is 190 Å². The van der Waals surface area contributed by atoms with E-state index in [4.69, 9.17) is 19.7 Å². The van der Waals surface area contributed by atoms with Crippen molar-refractivity contribution in [2.24, 2.45) is 0 Å². The first-order valence-electron chi connectivity index (χ1n) is 7.47. The molecule has 148 valence electrons. The molecule has 2 N–H and O–H groups in total. The third kappa shape index (κ3) is 9.18. The van der Waals surface area contributed by atoms with Crippen molar-refractivity contribution in [3.63, 3.8) is 0 Å². The molecule has 1 saturated heterocycles. The Balaban J connectivity index is 0.000000232. The summed E-state index contributed by atoms with van der Waals surface area (Å²) in [6.45, 7) is 1.01. The van der Waals surface area contributed by atoms with Crippen LogP contribution in [-0.2, 0) is 9.47 Å². The van der Waals surface area contributed by atoms with Gasteiger partial charge in [-0.3, -0.25) is 4.79 Å². The summed E-state index contributed by atoms with van der Waals surface area (Å²) in [7, 11) is 0. The van der Waals surface area contributed by atoms with Gasteiger partial charge in [0.1, 0.15) is 20.6 Å². The van der Waals surface area contributed by atoms with Crippen LogP contribution in [0.3, 0.4) is 0 Å². The number of hydrogen-bond acceptors (Lipinski definition) is 7. The van der Waals surface area contributed by atoms with E-state index in [1.165, 1.54) is 0 Å². The number of pyridine rings is 2. The van der Waals surface area contributed by atoms with E-state index >= 15 is 0 Å². The highest BCUT2D eigenvalue weighted by molar-refractivity contribution is 9.11. The molecule has 0 radical (unpaired) electrons. The van der Waals surface area contributed by atoms with Gasteiger partial charge >= 0.3 is 0 Å². The third-order valence-corrected chi connectivity index (χ3v) is 4.96. The molecule has 0 aromatic carbocycles. The number of halogens is 4. The van der Waals surface area contributed by atoms with Crippen LogP contribution >= 0.6 is 63.7 Å². The van der Waals surface area contributed by atoms with Crippen LogP contribution in [0, 0.1) is 0 Å². The van der Waals surface area contributed by atoms with E-state index in [-0.39, 0.29) is 19.5 Å². The Morgan fingerprint density at radius 2 is 1.44 bits per heavy atom. The zero-order valence-electron chi connectivity index (χ0n) is 13.8. The van der Waals surface area contributed by atoms with Crippen LogP contribution in [-0.4, -0.2) is 52.9 Å². The van der Waals surface area contributed by atoms with Gasteiger partial charge in [0.15, 0.2) is 6.29 Å². The number of nitrogens with zero attached hydrogens (tertiary/aromatic N) is 2. The quantitative estimate of drug-likeness (QED) is 0.388. The lowest BCUT2D eigenvalue weighted by molar-refractivity contribution is -0.0479. The molecule has 7 nitrogen and oxygen atoms in total. The molecule has 0 saturated carbocycles. The molecule has 0 spiro atoms. The van der Waals surface area contributed by atoms with Crippen LogP contribution in [0.4, 0.5) is 0 Å². The fourth-order valence-electron chi connectivity index (χ4n) is 1.63. The predicted molar refractivity (Wildman–Crippen MR) is 113 cm³/mol. The number of carbonyl (C=O) groups is 1. The van der Waals surface area contributed by atoms with Gasteiger partial charge in [-0.15, -0.1) is 0 Å². The van der Waals surface area contributed by atoms with Crippen LogP contribution in [0.15, 0.2) is 42.4 Å². The smallest absolute Gasteiger partial charge is 0.202 e. The maximum Gasteiger partial charge on any atom is 0.202 e. The molecule has 1 aliphatic rings. The van der Waals surface area contributed by atoms with E-state index < -0.39 is 0 Å². The second-order valence-electron chi connectivity index (χ2n) is 4.64. The number of aromatic nitrogens is 2. The number of rotatable bonds is 3. The molecule has 11 heteroatoms. The van der Waals surface area contributed by atoms with Gasteiger partial charge in [0.25, 0.3) is 0 Å². The monoisotopic (exact) mass is 632 g/mol. The summed E-state index contributed by atoms with van der Waals surface area (Å²) in [6, 6.07) is 7.30. The van der Waals surface area contributed by atoms with Gasteiger partial charge in [-0.2, -0.15) is 0 Å². The summed E-state index contributed by atoms with van der Waals surface area (Å²) in [4.78, 5) is 18.4. The minimum atomic E-state index is -0.327. The topological polar surface area (TPSA) is 102 Å². The van der Waals surface area contributed by atoms with Crippen molar-refractivity contribution in [3.05, 3.63) is 53.8 Å². The van der Waals surface area contributed by atoms with E-state index in [1.807, 2.05) is 12.1 Å². The molecule has 27 heavy (non-hydrogen) atoms. The van der Waals surface area contributed by atoms with E-state index in [1.54, 1.807) is 12.1 Å². The highest BCUT2D eigenvalue weighted by atomic mass is 79.9. The first kappa shape index (κ1) is 24.8. The normalized spacial score (nSPS) is 13.3. The lowest BCUT2D eigenvalue weighted by Crippen LogP contribution is -2.02. The second kappa shape index (κ2) is 13.8. The summed E-state index contributed by atoms with van der Waals surface area (Å²) in [5, 5.41) is 15.2. The number of aldehydes is 1. The molecule has 0 atom stereocenters. The second-order valence-corrected chi connectivity index (χ2v) is 7.97. The van der Waals surface area contributed by atoms with Crippen molar-refractivity contribution in [2.75, 3.05) is 26.4 Å². The average molecular weight is 636 g/mol. The summed E-state index contributed by atoms with van der Waals surface area (Å²) in [5.74, 6) is 0. The van der Waals surface area contributed by atoms with Crippen molar-refractivity contribution in [3.8, 4) is 0 Å². The molecule has 0 bridgehead atoms. The van der Waals surface area contributed by atoms with Crippen LogP contribution in [0.25, 0.3) is 0 Å². The van der Waals surface area contributed by atoms with Gasteiger partial charge in [0.2, 0.25) is 6.29 Å². The van der Waals surface area contributed by atoms with Crippen molar-refractivity contribution in [2.45, 2.75) is 6.29 Å². The Morgan fingerprint density at radius 1 is 0.926 bits per heavy atom.